The van der Waals surface area contributed by atoms with Crippen molar-refractivity contribution in [2.75, 3.05) is 6.61 Å². The predicted molar refractivity (Wildman–Crippen MR) is 71.9 cm³/mol. The van der Waals surface area contributed by atoms with Crippen molar-refractivity contribution >= 4 is 12.6 Å². The summed E-state index contributed by atoms with van der Waals surface area (Å²) in [5, 5.41) is 18.2. The molecule has 0 fully saturated rings. The molecule has 0 atom stereocenters. The van der Waals surface area contributed by atoms with Crippen molar-refractivity contribution in [1.82, 2.24) is 0 Å². The Morgan fingerprint density at radius 1 is 0.944 bits per heavy atom. The monoisotopic (exact) mass is 242 g/mol. The Morgan fingerprint density at radius 3 is 2.44 bits per heavy atom. The Labute approximate surface area is 107 Å². The van der Waals surface area contributed by atoms with E-state index in [9.17, 15) is 0 Å². The first-order valence-corrected chi connectivity index (χ1v) is 5.88. The lowest BCUT2D eigenvalue weighted by Crippen LogP contribution is -2.29. The quantitative estimate of drug-likeness (QED) is 0.768. The van der Waals surface area contributed by atoms with E-state index in [1.807, 2.05) is 42.5 Å². The minimum Gasteiger partial charge on any atom is -0.493 e. The maximum atomic E-state index is 9.08. The number of ether oxygens (including phenoxy) is 1. The van der Waals surface area contributed by atoms with Crippen molar-refractivity contribution in [3.05, 3.63) is 60.2 Å². The zero-order chi connectivity index (χ0) is 12.8. The van der Waals surface area contributed by atoms with Crippen LogP contribution in [0, 0.1) is 0 Å². The molecule has 0 saturated carbocycles. The highest BCUT2D eigenvalue weighted by Crippen LogP contribution is 2.09. The Kier molecular flexibility index (Phi) is 4.39. The van der Waals surface area contributed by atoms with Crippen LogP contribution in [0.1, 0.15) is 5.56 Å². The van der Waals surface area contributed by atoms with Gasteiger partial charge in [-0.3, -0.25) is 0 Å². The van der Waals surface area contributed by atoms with E-state index in [0.29, 0.717) is 12.1 Å². The second-order valence-electron chi connectivity index (χ2n) is 4.03. The van der Waals surface area contributed by atoms with Crippen LogP contribution in [-0.4, -0.2) is 23.8 Å². The van der Waals surface area contributed by atoms with Crippen LogP contribution in [0.25, 0.3) is 0 Å². The second-order valence-corrected chi connectivity index (χ2v) is 4.03. The summed E-state index contributed by atoms with van der Waals surface area (Å²) in [7, 11) is -1.42. The van der Waals surface area contributed by atoms with Crippen LogP contribution < -0.4 is 10.2 Å². The third-order valence-electron chi connectivity index (χ3n) is 2.65. The largest absolute Gasteiger partial charge is 0.493 e. The van der Waals surface area contributed by atoms with Gasteiger partial charge in [0.2, 0.25) is 0 Å². The molecule has 0 aliphatic rings. The molecule has 0 aromatic heterocycles. The van der Waals surface area contributed by atoms with Crippen molar-refractivity contribution < 1.29 is 14.8 Å². The molecule has 2 N–H and O–H groups in total. The van der Waals surface area contributed by atoms with E-state index < -0.39 is 7.12 Å². The summed E-state index contributed by atoms with van der Waals surface area (Å²) in [4.78, 5) is 0. The van der Waals surface area contributed by atoms with Crippen molar-refractivity contribution in [2.45, 2.75) is 6.42 Å². The molecular weight excluding hydrogens is 227 g/mol. The van der Waals surface area contributed by atoms with E-state index in [4.69, 9.17) is 14.8 Å². The maximum Gasteiger partial charge on any atom is 0.488 e. The van der Waals surface area contributed by atoms with Gasteiger partial charge in [-0.2, -0.15) is 0 Å². The first-order valence-electron chi connectivity index (χ1n) is 5.88. The molecule has 2 rings (SSSR count). The lowest BCUT2D eigenvalue weighted by atomic mass is 9.79. The van der Waals surface area contributed by atoms with Crippen LogP contribution in [0.2, 0.25) is 0 Å². The minimum absolute atomic E-state index is 0.507. The Bertz CT molecular complexity index is 485. The number of rotatable bonds is 5. The van der Waals surface area contributed by atoms with Crippen LogP contribution in [0.4, 0.5) is 0 Å². The van der Waals surface area contributed by atoms with Crippen LogP contribution in [0.15, 0.2) is 54.6 Å². The number of benzene rings is 2. The molecule has 0 bridgehead atoms. The van der Waals surface area contributed by atoms with Gasteiger partial charge in [0.1, 0.15) is 5.75 Å². The van der Waals surface area contributed by atoms with Gasteiger partial charge in [-0.15, -0.1) is 0 Å². The molecule has 0 heterocycles. The van der Waals surface area contributed by atoms with Gasteiger partial charge in [-0.25, -0.2) is 0 Å². The van der Waals surface area contributed by atoms with Gasteiger partial charge in [-0.05, 0) is 23.2 Å². The van der Waals surface area contributed by atoms with Crippen LogP contribution >= 0.6 is 0 Å². The first-order chi connectivity index (χ1) is 8.75. The molecule has 3 nitrogen and oxygen atoms in total. The molecule has 2 aromatic carbocycles. The number of para-hydroxylation sites is 1. The topological polar surface area (TPSA) is 49.7 Å². The van der Waals surface area contributed by atoms with E-state index >= 15 is 0 Å². The van der Waals surface area contributed by atoms with Crippen molar-refractivity contribution in [3.8, 4) is 5.75 Å². The SMILES string of the molecule is OB(O)c1cccc(CCOc2ccccc2)c1. The van der Waals surface area contributed by atoms with Crippen LogP contribution in [0.3, 0.4) is 0 Å². The van der Waals surface area contributed by atoms with Gasteiger partial charge < -0.3 is 14.8 Å². The van der Waals surface area contributed by atoms with E-state index in [-0.39, 0.29) is 0 Å². The Hall–Kier alpha value is -1.78. The standard InChI is InChI=1S/C14H15BO3/c16-15(17)13-6-4-5-12(11-13)9-10-18-14-7-2-1-3-8-14/h1-8,11,16-17H,9-10H2. The summed E-state index contributed by atoms with van der Waals surface area (Å²) in [6, 6.07) is 16.8. The third kappa shape index (κ3) is 3.62. The minimum atomic E-state index is -1.42. The van der Waals surface area contributed by atoms with Crippen LogP contribution in [-0.2, 0) is 6.42 Å². The lowest BCUT2D eigenvalue weighted by Gasteiger charge is -2.07. The fraction of sp³-hybridized carbons (Fsp3) is 0.143. The zero-order valence-corrected chi connectivity index (χ0v) is 9.99. The molecule has 0 amide bonds. The van der Waals surface area contributed by atoms with Gasteiger partial charge >= 0.3 is 7.12 Å². The van der Waals surface area contributed by atoms with Gasteiger partial charge in [0.15, 0.2) is 0 Å². The molecule has 92 valence electrons. The smallest absolute Gasteiger partial charge is 0.488 e. The molecule has 18 heavy (non-hydrogen) atoms. The van der Waals surface area contributed by atoms with E-state index in [1.54, 1.807) is 12.1 Å². The zero-order valence-electron chi connectivity index (χ0n) is 9.99. The van der Waals surface area contributed by atoms with Crippen LogP contribution in [0.5, 0.6) is 5.75 Å². The predicted octanol–water partition coefficient (Wildman–Crippen LogP) is 0.988. The fourth-order valence-electron chi connectivity index (χ4n) is 1.71. The normalized spacial score (nSPS) is 10.1. The summed E-state index contributed by atoms with van der Waals surface area (Å²) < 4.78 is 5.59. The molecule has 0 saturated heterocycles. The average Bonchev–Trinajstić information content (AvgIpc) is 2.40. The Morgan fingerprint density at radius 2 is 1.72 bits per heavy atom. The highest BCUT2D eigenvalue weighted by molar-refractivity contribution is 6.58. The fourth-order valence-corrected chi connectivity index (χ4v) is 1.71. The molecule has 0 radical (unpaired) electrons. The summed E-state index contributed by atoms with van der Waals surface area (Å²) in [6.07, 6.45) is 0.732. The van der Waals surface area contributed by atoms with E-state index in [0.717, 1.165) is 17.7 Å². The van der Waals surface area contributed by atoms with E-state index in [2.05, 4.69) is 0 Å². The molecular formula is C14H15BO3. The van der Waals surface area contributed by atoms with Crippen molar-refractivity contribution in [3.63, 3.8) is 0 Å². The summed E-state index contributed by atoms with van der Waals surface area (Å²) >= 11 is 0. The number of hydrogen-bond donors (Lipinski definition) is 2. The second kappa shape index (κ2) is 6.24. The molecule has 4 heteroatoms. The summed E-state index contributed by atoms with van der Waals surface area (Å²) in [6.45, 7) is 0.564. The van der Waals surface area contributed by atoms with Gasteiger partial charge in [0, 0.05) is 6.42 Å². The highest BCUT2D eigenvalue weighted by Gasteiger charge is 2.10. The molecule has 0 aliphatic carbocycles. The Balaban J connectivity index is 1.89. The van der Waals surface area contributed by atoms with E-state index in [1.165, 1.54) is 0 Å². The lowest BCUT2D eigenvalue weighted by molar-refractivity contribution is 0.322. The average molecular weight is 242 g/mol. The number of hydrogen-bond acceptors (Lipinski definition) is 3. The third-order valence-corrected chi connectivity index (χ3v) is 2.65. The molecule has 0 unspecified atom stereocenters. The summed E-state index contributed by atoms with van der Waals surface area (Å²) in [5.74, 6) is 0.843. The first kappa shape index (κ1) is 12.7. The molecule has 2 aromatic rings. The van der Waals surface area contributed by atoms with Crippen molar-refractivity contribution in [2.24, 2.45) is 0 Å². The summed E-state index contributed by atoms with van der Waals surface area (Å²) in [5.41, 5.74) is 1.53. The maximum absolute atomic E-state index is 9.08. The van der Waals surface area contributed by atoms with Crippen molar-refractivity contribution in [1.29, 1.82) is 0 Å². The van der Waals surface area contributed by atoms with Gasteiger partial charge in [0.25, 0.3) is 0 Å². The molecule has 0 aliphatic heterocycles. The van der Waals surface area contributed by atoms with Gasteiger partial charge in [0.05, 0.1) is 6.61 Å². The highest BCUT2D eigenvalue weighted by atomic mass is 16.5. The molecule has 0 spiro atoms. The van der Waals surface area contributed by atoms with Gasteiger partial charge in [-0.1, -0.05) is 42.5 Å².